The largest absolute Gasteiger partial charge is 0.330 e. The van der Waals surface area contributed by atoms with E-state index in [2.05, 4.69) is 10.2 Å². The van der Waals surface area contributed by atoms with E-state index >= 15 is 0 Å². The number of carbonyl (C=O) groups is 2. The minimum Gasteiger partial charge on any atom is -0.330 e. The quantitative estimate of drug-likeness (QED) is 0.333. The van der Waals surface area contributed by atoms with Gasteiger partial charge in [0.25, 0.3) is 0 Å². The van der Waals surface area contributed by atoms with Gasteiger partial charge >= 0.3 is 0 Å². The van der Waals surface area contributed by atoms with Gasteiger partial charge in [0.15, 0.2) is 0 Å². The maximum Gasteiger partial charge on any atom is 0.244 e. The zero-order chi connectivity index (χ0) is 29.3. The molecule has 2 fully saturated rings. The summed E-state index contributed by atoms with van der Waals surface area (Å²) in [6, 6.07) is 14.0. The molecule has 218 valence electrons. The summed E-state index contributed by atoms with van der Waals surface area (Å²) >= 11 is 12.7. The summed E-state index contributed by atoms with van der Waals surface area (Å²) in [7, 11) is -2.22. The third kappa shape index (κ3) is 6.34. The number of likely N-dealkylation sites (tertiary alicyclic amines) is 1. The Bertz CT molecular complexity index is 1350. The Labute approximate surface area is 246 Å². The number of benzene rings is 2. The summed E-state index contributed by atoms with van der Waals surface area (Å²) in [5, 5.41) is 1.13. The van der Waals surface area contributed by atoms with Crippen LogP contribution in [0.5, 0.6) is 0 Å². The second kappa shape index (κ2) is 12.0. The van der Waals surface area contributed by atoms with Gasteiger partial charge in [0, 0.05) is 35.0 Å². The van der Waals surface area contributed by atoms with Crippen LogP contribution in [0.4, 0.5) is 0 Å². The van der Waals surface area contributed by atoms with Crippen LogP contribution in [0.3, 0.4) is 0 Å². The lowest BCUT2D eigenvalue weighted by Crippen LogP contribution is -2.58. The highest BCUT2D eigenvalue weighted by atomic mass is 35.5. The van der Waals surface area contributed by atoms with Gasteiger partial charge in [0.05, 0.1) is 23.3 Å². The Balaban J connectivity index is 1.83. The van der Waals surface area contributed by atoms with Crippen LogP contribution >= 0.6 is 23.2 Å². The van der Waals surface area contributed by atoms with Crippen molar-refractivity contribution in [2.24, 2.45) is 5.41 Å². The van der Waals surface area contributed by atoms with Crippen molar-refractivity contribution in [3.63, 3.8) is 0 Å². The molecule has 0 radical (unpaired) electrons. The number of nitrogens with one attached hydrogen (secondary N) is 2. The van der Waals surface area contributed by atoms with Gasteiger partial charge in [0.2, 0.25) is 21.8 Å². The summed E-state index contributed by atoms with van der Waals surface area (Å²) in [6.07, 6.45) is 1.99. The van der Waals surface area contributed by atoms with Gasteiger partial charge in [-0.15, -0.1) is 0 Å². The summed E-state index contributed by atoms with van der Waals surface area (Å²) in [6.45, 7) is 5.52. The van der Waals surface area contributed by atoms with Crippen LogP contribution in [-0.4, -0.2) is 49.6 Å². The van der Waals surface area contributed by atoms with Gasteiger partial charge in [-0.2, -0.15) is 0 Å². The third-order valence-corrected chi connectivity index (χ3v) is 11.1. The van der Waals surface area contributed by atoms with E-state index in [1.807, 2.05) is 37.3 Å². The Morgan fingerprint density at radius 2 is 1.77 bits per heavy atom. The Kier molecular flexibility index (Phi) is 9.22. The lowest BCUT2D eigenvalue weighted by atomic mass is 9.67. The number of hydrogen-bond donors (Lipinski definition) is 2. The van der Waals surface area contributed by atoms with Crippen molar-refractivity contribution in [1.29, 1.82) is 0 Å². The fourth-order valence-electron chi connectivity index (χ4n) is 5.72. The molecular formula is C29H37Cl2N3O5S. The van der Waals surface area contributed by atoms with Crippen molar-refractivity contribution < 1.29 is 22.8 Å². The van der Waals surface area contributed by atoms with Crippen molar-refractivity contribution in [3.8, 4) is 0 Å². The van der Waals surface area contributed by atoms with Gasteiger partial charge in [-0.3, -0.25) is 14.4 Å². The smallest absolute Gasteiger partial charge is 0.244 e. The van der Waals surface area contributed by atoms with E-state index in [9.17, 15) is 18.0 Å². The molecule has 11 heteroatoms. The Morgan fingerprint density at radius 3 is 2.35 bits per heavy atom. The fourth-order valence-corrected chi connectivity index (χ4v) is 7.44. The highest BCUT2D eigenvalue weighted by Crippen LogP contribution is 2.52. The first kappa shape index (κ1) is 30.8. The van der Waals surface area contributed by atoms with Crippen LogP contribution in [0.25, 0.3) is 0 Å². The molecule has 4 atom stereocenters. The molecule has 40 heavy (non-hydrogen) atoms. The summed E-state index contributed by atoms with van der Waals surface area (Å²) in [4.78, 5) is 33.8. The van der Waals surface area contributed by atoms with Crippen LogP contribution in [0.1, 0.15) is 76.0 Å². The number of hydroxylamine groups is 1. The molecule has 0 spiro atoms. The predicted octanol–water partition coefficient (Wildman–Crippen LogP) is 5.38. The molecule has 8 nitrogen and oxygen atoms in total. The molecule has 4 rings (SSSR count). The first-order chi connectivity index (χ1) is 18.8. The van der Waals surface area contributed by atoms with E-state index < -0.39 is 38.2 Å². The predicted molar refractivity (Wildman–Crippen MR) is 156 cm³/mol. The number of carbonyl (C=O) groups excluding carboxylic acids is 2. The van der Waals surface area contributed by atoms with E-state index in [4.69, 9.17) is 28.0 Å². The number of nitrogens with zero attached hydrogens (tertiary/aromatic N) is 1. The molecule has 0 bridgehead atoms. The maximum absolute atomic E-state index is 14.5. The fraction of sp³-hybridized carbons (Fsp3) is 0.517. The second-order valence-electron chi connectivity index (χ2n) is 11.4. The van der Waals surface area contributed by atoms with E-state index in [-0.39, 0.29) is 24.8 Å². The highest BCUT2D eigenvalue weighted by molar-refractivity contribution is 7.91. The van der Waals surface area contributed by atoms with Gasteiger partial charge in [-0.1, -0.05) is 61.3 Å². The van der Waals surface area contributed by atoms with E-state index in [0.717, 1.165) is 11.1 Å². The van der Waals surface area contributed by atoms with Crippen LogP contribution in [-0.2, 0) is 24.4 Å². The van der Waals surface area contributed by atoms with Gasteiger partial charge < -0.3 is 4.90 Å². The molecule has 0 aromatic heterocycles. The lowest BCUT2D eigenvalue weighted by Gasteiger charge is -2.52. The molecule has 1 saturated heterocycles. The number of sulfonamides is 1. The van der Waals surface area contributed by atoms with E-state index in [0.29, 0.717) is 35.7 Å². The third-order valence-electron chi connectivity index (χ3n) is 8.33. The molecule has 2 amide bonds. The SMILES string of the molecule is CC[C@@H](CNS(=O)(=O)C1(C)CC1)N1C(=O)[C@@](C)(CC(=O)NOC)C[C@H](c2cccc(Cl)c2)[C@H]1c1ccc(Cl)cc1. The summed E-state index contributed by atoms with van der Waals surface area (Å²) in [5.41, 5.74) is 3.03. The Hall–Kier alpha value is -2.17. The monoisotopic (exact) mass is 609 g/mol. The average molecular weight is 611 g/mol. The van der Waals surface area contributed by atoms with Crippen LogP contribution in [0.15, 0.2) is 48.5 Å². The standard InChI is InChI=1S/C29H37Cl2N3O5S/c1-5-23(18-32-40(37,38)29(3)13-14-29)34-26(19-9-11-21(30)12-10-19)24(20-7-6-8-22(31)15-20)16-28(2,27(34)36)17-25(35)33-39-4/h6-12,15,23-24,26,32H,5,13-14,16-18H2,1-4H3,(H,33,35)/t23-,24+,26+,28+/m0/s1. The van der Waals surface area contributed by atoms with Crippen molar-refractivity contribution in [2.75, 3.05) is 13.7 Å². The minimum atomic E-state index is -3.57. The van der Waals surface area contributed by atoms with Gasteiger partial charge in [-0.25, -0.2) is 18.6 Å². The zero-order valence-electron chi connectivity index (χ0n) is 23.2. The lowest BCUT2D eigenvalue weighted by molar-refractivity contribution is -0.158. The average Bonchev–Trinajstić information content (AvgIpc) is 3.66. The first-order valence-electron chi connectivity index (χ1n) is 13.5. The molecule has 1 aliphatic carbocycles. The molecule has 2 N–H and O–H groups in total. The summed E-state index contributed by atoms with van der Waals surface area (Å²) < 4.78 is 28.1. The highest BCUT2D eigenvalue weighted by Gasteiger charge is 2.53. The first-order valence-corrected chi connectivity index (χ1v) is 15.7. The molecule has 2 aromatic carbocycles. The number of piperidine rings is 1. The van der Waals surface area contributed by atoms with Crippen molar-refractivity contribution in [1.82, 2.24) is 15.1 Å². The van der Waals surface area contributed by atoms with Gasteiger partial charge in [0.1, 0.15) is 0 Å². The number of hydrogen-bond acceptors (Lipinski definition) is 5. The van der Waals surface area contributed by atoms with Crippen LogP contribution < -0.4 is 10.2 Å². The molecular weight excluding hydrogens is 573 g/mol. The molecule has 1 aliphatic heterocycles. The van der Waals surface area contributed by atoms with E-state index in [1.165, 1.54) is 7.11 Å². The van der Waals surface area contributed by atoms with Crippen molar-refractivity contribution in [2.45, 2.75) is 75.6 Å². The summed E-state index contributed by atoms with van der Waals surface area (Å²) in [5.74, 6) is -0.881. The molecule has 0 unspecified atom stereocenters. The molecule has 1 saturated carbocycles. The number of halogens is 2. The minimum absolute atomic E-state index is 0.0624. The van der Waals surface area contributed by atoms with E-state index in [1.54, 1.807) is 36.9 Å². The zero-order valence-corrected chi connectivity index (χ0v) is 25.6. The molecule has 1 heterocycles. The number of amides is 2. The van der Waals surface area contributed by atoms with Gasteiger partial charge in [-0.05, 0) is 68.0 Å². The van der Waals surface area contributed by atoms with Crippen LogP contribution in [0, 0.1) is 5.41 Å². The topological polar surface area (TPSA) is 105 Å². The molecule has 2 aliphatic rings. The maximum atomic E-state index is 14.5. The Morgan fingerprint density at radius 1 is 1.10 bits per heavy atom. The normalized spacial score (nSPS) is 24.9. The molecule has 2 aromatic rings. The van der Waals surface area contributed by atoms with Crippen molar-refractivity contribution in [3.05, 3.63) is 69.7 Å². The second-order valence-corrected chi connectivity index (χ2v) is 14.6. The van der Waals surface area contributed by atoms with Crippen molar-refractivity contribution >= 4 is 45.0 Å². The number of rotatable bonds is 11. The van der Waals surface area contributed by atoms with Crippen LogP contribution in [0.2, 0.25) is 10.0 Å².